The van der Waals surface area contributed by atoms with Gasteiger partial charge in [0.05, 0.1) is 11.6 Å². The van der Waals surface area contributed by atoms with Crippen LogP contribution in [-0.2, 0) is 13.6 Å². The van der Waals surface area contributed by atoms with Crippen molar-refractivity contribution >= 4 is 47.4 Å². The highest BCUT2D eigenvalue weighted by atomic mass is 35.5. The minimum absolute atomic E-state index is 0. The van der Waals surface area contributed by atoms with Gasteiger partial charge in [-0.05, 0) is 42.4 Å². The molecule has 0 spiro atoms. The van der Waals surface area contributed by atoms with Crippen molar-refractivity contribution in [1.82, 2.24) is 25.5 Å². The van der Waals surface area contributed by atoms with Crippen molar-refractivity contribution < 1.29 is 4.74 Å². The first-order valence-corrected chi connectivity index (χ1v) is 9.02. The fraction of sp³-hybridized carbons (Fsp3) is 0.500. The summed E-state index contributed by atoms with van der Waals surface area (Å²) in [6, 6.07) is 3.58. The SMILES string of the molecule is CCOc1c(Cl)cc(Cl)cc1CNCCCSc1nnnn1C.Cl. The number of halogens is 3. The summed E-state index contributed by atoms with van der Waals surface area (Å²) < 4.78 is 7.27. The molecule has 0 unspecified atom stereocenters. The Morgan fingerprint density at radius 2 is 2.12 bits per heavy atom. The highest BCUT2D eigenvalue weighted by molar-refractivity contribution is 7.99. The molecule has 1 N–H and O–H groups in total. The van der Waals surface area contributed by atoms with Crippen LogP contribution in [0, 0.1) is 0 Å². The molecule has 10 heteroatoms. The number of tetrazole rings is 1. The lowest BCUT2D eigenvalue weighted by Crippen LogP contribution is -2.16. The Kier molecular flexibility index (Phi) is 9.76. The summed E-state index contributed by atoms with van der Waals surface area (Å²) in [5.74, 6) is 1.64. The quantitative estimate of drug-likeness (QED) is 0.501. The van der Waals surface area contributed by atoms with E-state index in [9.17, 15) is 0 Å². The summed E-state index contributed by atoms with van der Waals surface area (Å²) in [5, 5.41) is 16.7. The minimum atomic E-state index is 0. The maximum Gasteiger partial charge on any atom is 0.209 e. The van der Waals surface area contributed by atoms with Gasteiger partial charge in [0.2, 0.25) is 5.16 Å². The number of hydrogen-bond acceptors (Lipinski definition) is 6. The molecule has 0 bridgehead atoms. The second kappa shape index (κ2) is 11.0. The van der Waals surface area contributed by atoms with E-state index in [0.717, 1.165) is 29.4 Å². The van der Waals surface area contributed by atoms with Crippen molar-refractivity contribution in [3.05, 3.63) is 27.7 Å². The largest absolute Gasteiger partial charge is 0.492 e. The molecule has 6 nitrogen and oxygen atoms in total. The van der Waals surface area contributed by atoms with Crippen LogP contribution in [0.4, 0.5) is 0 Å². The minimum Gasteiger partial charge on any atom is -0.492 e. The molecule has 0 fully saturated rings. The van der Waals surface area contributed by atoms with E-state index in [4.69, 9.17) is 27.9 Å². The number of nitrogens with zero attached hydrogens (tertiary/aromatic N) is 4. The van der Waals surface area contributed by atoms with Crippen LogP contribution in [-0.4, -0.2) is 39.1 Å². The fourth-order valence-electron chi connectivity index (χ4n) is 1.98. The van der Waals surface area contributed by atoms with Gasteiger partial charge in [0.15, 0.2) is 0 Å². The Hall–Kier alpha value is -0.730. The Labute approximate surface area is 162 Å². The van der Waals surface area contributed by atoms with Crippen molar-refractivity contribution in [3.63, 3.8) is 0 Å². The van der Waals surface area contributed by atoms with Crippen LogP contribution in [0.15, 0.2) is 17.3 Å². The third kappa shape index (κ3) is 6.29. The Morgan fingerprint density at radius 3 is 2.79 bits per heavy atom. The lowest BCUT2D eigenvalue weighted by Gasteiger charge is -2.13. The lowest BCUT2D eigenvalue weighted by atomic mass is 10.2. The fourth-order valence-corrected chi connectivity index (χ4v) is 3.36. The van der Waals surface area contributed by atoms with Crippen LogP contribution < -0.4 is 10.1 Å². The summed E-state index contributed by atoms with van der Waals surface area (Å²) in [7, 11) is 1.83. The molecule has 24 heavy (non-hydrogen) atoms. The van der Waals surface area contributed by atoms with E-state index in [1.54, 1.807) is 22.5 Å². The number of aryl methyl sites for hydroxylation is 1. The third-order valence-corrected chi connectivity index (χ3v) is 4.60. The molecule has 2 rings (SSSR count). The molecule has 0 atom stereocenters. The molecule has 1 heterocycles. The second-order valence-electron chi connectivity index (χ2n) is 4.77. The van der Waals surface area contributed by atoms with E-state index in [1.165, 1.54) is 0 Å². The number of benzene rings is 1. The molecule has 0 saturated heterocycles. The standard InChI is InChI=1S/C14H19Cl2N5OS.ClH/c1-3-22-13-10(7-11(15)8-12(13)16)9-17-5-4-6-23-14-18-19-20-21(14)2;/h7-8,17H,3-6,9H2,1-2H3;1H. The molecule has 0 aliphatic heterocycles. The van der Waals surface area contributed by atoms with Crippen LogP contribution in [0.3, 0.4) is 0 Å². The molecule has 2 aromatic rings. The van der Waals surface area contributed by atoms with E-state index in [0.29, 0.717) is 28.9 Å². The number of nitrogens with one attached hydrogen (secondary N) is 1. The first-order valence-electron chi connectivity index (χ1n) is 7.28. The van der Waals surface area contributed by atoms with Crippen LogP contribution in [0.1, 0.15) is 18.9 Å². The molecule has 1 aromatic heterocycles. The molecule has 0 amide bonds. The molecule has 134 valence electrons. The number of thioether (sulfide) groups is 1. The van der Waals surface area contributed by atoms with E-state index in [1.807, 2.05) is 20.0 Å². The zero-order valence-electron chi connectivity index (χ0n) is 13.5. The van der Waals surface area contributed by atoms with Crippen molar-refractivity contribution in [2.24, 2.45) is 7.05 Å². The Balaban J connectivity index is 0.00000288. The predicted molar refractivity (Wildman–Crippen MR) is 101 cm³/mol. The maximum absolute atomic E-state index is 6.19. The molecule has 1 aromatic carbocycles. The van der Waals surface area contributed by atoms with Gasteiger partial charge in [-0.1, -0.05) is 35.0 Å². The predicted octanol–water partition coefficient (Wildman–Crippen LogP) is 3.61. The maximum atomic E-state index is 6.19. The van der Waals surface area contributed by atoms with Gasteiger partial charge in [-0.3, -0.25) is 0 Å². The molecular weight excluding hydrogens is 393 g/mol. The van der Waals surface area contributed by atoms with Crippen molar-refractivity contribution in [1.29, 1.82) is 0 Å². The van der Waals surface area contributed by atoms with E-state index >= 15 is 0 Å². The summed E-state index contributed by atoms with van der Waals surface area (Å²) in [6.07, 6.45) is 0.996. The molecule has 0 aliphatic carbocycles. The summed E-state index contributed by atoms with van der Waals surface area (Å²) in [4.78, 5) is 0. The van der Waals surface area contributed by atoms with Gasteiger partial charge < -0.3 is 10.1 Å². The molecule has 0 aliphatic rings. The van der Waals surface area contributed by atoms with Gasteiger partial charge in [0.1, 0.15) is 5.75 Å². The highest BCUT2D eigenvalue weighted by Crippen LogP contribution is 2.32. The number of hydrogen-bond donors (Lipinski definition) is 1. The van der Waals surface area contributed by atoms with E-state index in [2.05, 4.69) is 20.8 Å². The number of ether oxygens (including phenoxy) is 1. The number of rotatable bonds is 9. The van der Waals surface area contributed by atoms with Gasteiger partial charge in [-0.2, -0.15) is 0 Å². The van der Waals surface area contributed by atoms with Crippen LogP contribution in [0.2, 0.25) is 10.0 Å². The Morgan fingerprint density at radius 1 is 1.33 bits per heavy atom. The van der Waals surface area contributed by atoms with Gasteiger partial charge in [-0.15, -0.1) is 17.5 Å². The van der Waals surface area contributed by atoms with Crippen LogP contribution in [0.5, 0.6) is 5.75 Å². The van der Waals surface area contributed by atoms with Crippen LogP contribution in [0.25, 0.3) is 0 Å². The number of aromatic nitrogens is 4. The van der Waals surface area contributed by atoms with Gasteiger partial charge >= 0.3 is 0 Å². The first kappa shape index (κ1) is 21.3. The normalized spacial score (nSPS) is 10.5. The highest BCUT2D eigenvalue weighted by Gasteiger charge is 2.10. The summed E-state index contributed by atoms with van der Waals surface area (Å²) >= 11 is 13.9. The smallest absolute Gasteiger partial charge is 0.209 e. The van der Waals surface area contributed by atoms with Crippen LogP contribution >= 0.6 is 47.4 Å². The average molecular weight is 413 g/mol. The molecule has 0 radical (unpaired) electrons. The van der Waals surface area contributed by atoms with E-state index < -0.39 is 0 Å². The monoisotopic (exact) mass is 411 g/mol. The van der Waals surface area contributed by atoms with Gasteiger partial charge in [-0.25, -0.2) is 4.68 Å². The summed E-state index contributed by atoms with van der Waals surface area (Å²) in [5.41, 5.74) is 0.967. The van der Waals surface area contributed by atoms with Gasteiger partial charge in [0.25, 0.3) is 0 Å². The van der Waals surface area contributed by atoms with E-state index in [-0.39, 0.29) is 12.4 Å². The first-order chi connectivity index (χ1) is 11.1. The van der Waals surface area contributed by atoms with Crippen molar-refractivity contribution in [2.45, 2.75) is 25.0 Å². The van der Waals surface area contributed by atoms with Crippen molar-refractivity contribution in [3.8, 4) is 5.75 Å². The zero-order valence-corrected chi connectivity index (χ0v) is 16.6. The zero-order chi connectivity index (χ0) is 16.7. The second-order valence-corrected chi connectivity index (χ2v) is 6.68. The van der Waals surface area contributed by atoms with Crippen molar-refractivity contribution in [2.75, 3.05) is 18.9 Å². The average Bonchev–Trinajstić information content (AvgIpc) is 2.91. The van der Waals surface area contributed by atoms with Gasteiger partial charge in [0, 0.05) is 29.9 Å². The summed E-state index contributed by atoms with van der Waals surface area (Å²) in [6.45, 7) is 4.03. The molecular formula is C14H20Cl3N5OS. The molecule has 0 saturated carbocycles. The lowest BCUT2D eigenvalue weighted by molar-refractivity contribution is 0.335. The Bertz CT molecular complexity index is 641. The third-order valence-electron chi connectivity index (χ3n) is 3.00. The topological polar surface area (TPSA) is 64.9 Å².